The molecule has 1 fully saturated rings. The summed E-state index contributed by atoms with van der Waals surface area (Å²) in [6.07, 6.45) is 3.11. The summed E-state index contributed by atoms with van der Waals surface area (Å²) in [5.74, 6) is -0.125. The van der Waals surface area contributed by atoms with Crippen molar-refractivity contribution in [1.82, 2.24) is 9.21 Å². The van der Waals surface area contributed by atoms with E-state index in [1.807, 2.05) is 42.5 Å². The summed E-state index contributed by atoms with van der Waals surface area (Å²) in [4.78, 5) is 28.3. The number of nitrogens with zero attached hydrogens (tertiary/aromatic N) is 2. The second-order valence-electron chi connectivity index (χ2n) is 9.85. The Bertz CT molecular complexity index is 1360. The summed E-state index contributed by atoms with van der Waals surface area (Å²) in [7, 11) is 0.664. The second kappa shape index (κ2) is 11.5. The molecule has 4 rings (SSSR count). The summed E-state index contributed by atoms with van der Waals surface area (Å²) < 4.78 is 36.3. The summed E-state index contributed by atoms with van der Waals surface area (Å²) in [6.45, 7) is 0.712. The van der Waals surface area contributed by atoms with Gasteiger partial charge in [0, 0.05) is 20.6 Å². The number of Topliss-reactive ketones (excluding diaryl/α,β-unsaturated/α-hetero) is 1. The first-order chi connectivity index (χ1) is 18.1. The molecule has 1 amide bonds. The first-order valence-electron chi connectivity index (χ1n) is 12.6. The number of ether oxygens (including phenoxy) is 1. The fraction of sp³-hybridized carbons (Fsp3) is 0.379. The standard InChI is InChI=1S/C29H34N2O6S/c1-30(2)38(34,35)21-26(32)27-16-15-25(37-27)20-31(19-7-10-22-8-5-4-6-9-22)28(33)29(17-18-29)23-11-13-24(36-3)14-12-23/h4-6,8-9,11-16H,7,10,17-21H2,1-3H3. The summed E-state index contributed by atoms with van der Waals surface area (Å²) in [6, 6.07) is 20.9. The third kappa shape index (κ3) is 6.34. The van der Waals surface area contributed by atoms with E-state index in [1.54, 1.807) is 18.1 Å². The molecule has 0 N–H and O–H groups in total. The average Bonchev–Trinajstić information content (AvgIpc) is 3.59. The van der Waals surface area contributed by atoms with E-state index < -0.39 is 27.0 Å². The van der Waals surface area contributed by atoms with E-state index in [0.717, 1.165) is 41.3 Å². The smallest absolute Gasteiger partial charge is 0.233 e. The van der Waals surface area contributed by atoms with Gasteiger partial charge in [0.05, 0.1) is 19.1 Å². The number of benzene rings is 2. The van der Waals surface area contributed by atoms with Crippen molar-refractivity contribution < 1.29 is 27.2 Å². The predicted molar refractivity (Wildman–Crippen MR) is 145 cm³/mol. The van der Waals surface area contributed by atoms with E-state index in [2.05, 4.69) is 12.1 Å². The van der Waals surface area contributed by atoms with E-state index >= 15 is 0 Å². The molecule has 0 saturated heterocycles. The van der Waals surface area contributed by atoms with E-state index in [-0.39, 0.29) is 18.2 Å². The summed E-state index contributed by atoms with van der Waals surface area (Å²) in [5.41, 5.74) is 1.58. The number of hydrogen-bond acceptors (Lipinski definition) is 6. The molecule has 0 aliphatic heterocycles. The number of rotatable bonds is 13. The van der Waals surface area contributed by atoms with Crippen molar-refractivity contribution in [1.29, 1.82) is 0 Å². The molecule has 1 aliphatic carbocycles. The number of sulfonamides is 1. The molecule has 1 saturated carbocycles. The molecule has 1 aromatic heterocycles. The van der Waals surface area contributed by atoms with Gasteiger partial charge in [-0.25, -0.2) is 12.7 Å². The minimum absolute atomic E-state index is 0.0233. The van der Waals surface area contributed by atoms with Crippen LogP contribution < -0.4 is 4.74 Å². The Morgan fingerprint density at radius 3 is 2.26 bits per heavy atom. The van der Waals surface area contributed by atoms with Gasteiger partial charge in [0.25, 0.3) is 0 Å². The first kappa shape index (κ1) is 27.6. The number of furan rings is 1. The molecule has 2 aromatic carbocycles. The molecule has 202 valence electrons. The highest BCUT2D eigenvalue weighted by Gasteiger charge is 2.53. The van der Waals surface area contributed by atoms with Crippen LogP contribution in [0.2, 0.25) is 0 Å². The number of methoxy groups -OCH3 is 1. The Labute approximate surface area is 224 Å². The van der Waals surface area contributed by atoms with E-state index in [9.17, 15) is 18.0 Å². The highest BCUT2D eigenvalue weighted by Crippen LogP contribution is 2.50. The zero-order valence-corrected chi connectivity index (χ0v) is 22.9. The predicted octanol–water partition coefficient (Wildman–Crippen LogP) is 4.06. The Hall–Kier alpha value is -3.43. The monoisotopic (exact) mass is 538 g/mol. The van der Waals surface area contributed by atoms with E-state index in [4.69, 9.17) is 9.15 Å². The van der Waals surface area contributed by atoms with Gasteiger partial charge in [-0.15, -0.1) is 0 Å². The minimum atomic E-state index is -3.71. The van der Waals surface area contributed by atoms with Crippen LogP contribution in [-0.2, 0) is 33.2 Å². The van der Waals surface area contributed by atoms with Crippen LogP contribution in [0.4, 0.5) is 0 Å². The van der Waals surface area contributed by atoms with Crippen molar-refractivity contribution >= 4 is 21.7 Å². The Balaban J connectivity index is 1.51. The Morgan fingerprint density at radius 2 is 1.66 bits per heavy atom. The van der Waals surface area contributed by atoms with Crippen LogP contribution in [-0.4, -0.2) is 62.8 Å². The number of ketones is 1. The molecule has 0 unspecified atom stereocenters. The molecule has 8 nitrogen and oxygen atoms in total. The lowest BCUT2D eigenvalue weighted by Gasteiger charge is -2.27. The van der Waals surface area contributed by atoms with Gasteiger partial charge in [0.2, 0.25) is 21.7 Å². The van der Waals surface area contributed by atoms with Crippen LogP contribution in [0.3, 0.4) is 0 Å². The average molecular weight is 539 g/mol. The molecule has 38 heavy (non-hydrogen) atoms. The van der Waals surface area contributed by atoms with Crippen molar-refractivity contribution in [3.05, 3.63) is 89.4 Å². The minimum Gasteiger partial charge on any atom is -0.497 e. The quantitative estimate of drug-likeness (QED) is 0.305. The van der Waals surface area contributed by atoms with Crippen molar-refractivity contribution in [3.63, 3.8) is 0 Å². The number of carbonyl (C=O) groups is 2. The number of aryl methyl sites for hydroxylation is 1. The lowest BCUT2D eigenvalue weighted by molar-refractivity contribution is -0.135. The fourth-order valence-electron chi connectivity index (χ4n) is 4.50. The zero-order valence-electron chi connectivity index (χ0n) is 22.1. The van der Waals surface area contributed by atoms with E-state index in [1.165, 1.54) is 25.7 Å². The van der Waals surface area contributed by atoms with Crippen molar-refractivity contribution in [2.24, 2.45) is 0 Å². The normalized spacial score (nSPS) is 14.3. The molecular weight excluding hydrogens is 504 g/mol. The van der Waals surface area contributed by atoms with Gasteiger partial charge in [-0.2, -0.15) is 0 Å². The highest BCUT2D eigenvalue weighted by atomic mass is 32.2. The van der Waals surface area contributed by atoms with Crippen LogP contribution in [0.15, 0.2) is 71.1 Å². The first-order valence-corrected chi connectivity index (χ1v) is 14.3. The molecule has 3 aromatic rings. The van der Waals surface area contributed by atoms with Crippen LogP contribution >= 0.6 is 0 Å². The topological polar surface area (TPSA) is 97.1 Å². The van der Waals surface area contributed by atoms with Gasteiger partial charge in [-0.3, -0.25) is 9.59 Å². The van der Waals surface area contributed by atoms with Gasteiger partial charge >= 0.3 is 0 Å². The van der Waals surface area contributed by atoms with Gasteiger partial charge in [0.15, 0.2) is 5.76 Å². The number of amides is 1. The Morgan fingerprint density at radius 1 is 0.974 bits per heavy atom. The van der Waals surface area contributed by atoms with Crippen LogP contribution in [0.25, 0.3) is 0 Å². The molecule has 0 spiro atoms. The van der Waals surface area contributed by atoms with Gasteiger partial charge < -0.3 is 14.1 Å². The third-order valence-electron chi connectivity index (χ3n) is 6.98. The highest BCUT2D eigenvalue weighted by molar-refractivity contribution is 7.89. The SMILES string of the molecule is COc1ccc(C2(C(=O)N(CCCc3ccccc3)Cc3ccc(C(=O)CS(=O)(=O)N(C)C)o3)CC2)cc1. The molecular formula is C29H34N2O6S. The van der Waals surface area contributed by atoms with Crippen LogP contribution in [0, 0.1) is 0 Å². The molecule has 1 heterocycles. The van der Waals surface area contributed by atoms with Crippen molar-refractivity contribution in [2.45, 2.75) is 37.6 Å². The number of carbonyl (C=O) groups excluding carboxylic acids is 2. The second-order valence-corrected chi connectivity index (χ2v) is 12.0. The maximum absolute atomic E-state index is 13.9. The van der Waals surface area contributed by atoms with Crippen LogP contribution in [0.1, 0.15) is 46.7 Å². The summed E-state index contributed by atoms with van der Waals surface area (Å²) in [5, 5.41) is 0. The lowest BCUT2D eigenvalue weighted by atomic mass is 9.94. The molecule has 1 aliphatic rings. The van der Waals surface area contributed by atoms with Gasteiger partial charge in [-0.1, -0.05) is 42.5 Å². The molecule has 0 radical (unpaired) electrons. The summed E-state index contributed by atoms with van der Waals surface area (Å²) >= 11 is 0. The maximum atomic E-state index is 13.9. The van der Waals surface area contributed by atoms with Gasteiger partial charge in [0.1, 0.15) is 17.3 Å². The van der Waals surface area contributed by atoms with Gasteiger partial charge in [-0.05, 0) is 61.1 Å². The van der Waals surface area contributed by atoms with Crippen molar-refractivity contribution in [2.75, 3.05) is 33.5 Å². The lowest BCUT2D eigenvalue weighted by Crippen LogP contribution is -2.39. The Kier molecular flexibility index (Phi) is 8.38. The fourth-order valence-corrected chi connectivity index (χ4v) is 5.23. The largest absolute Gasteiger partial charge is 0.497 e. The zero-order chi connectivity index (χ0) is 27.3. The maximum Gasteiger partial charge on any atom is 0.233 e. The van der Waals surface area contributed by atoms with Crippen molar-refractivity contribution in [3.8, 4) is 5.75 Å². The van der Waals surface area contributed by atoms with Crippen LogP contribution in [0.5, 0.6) is 5.75 Å². The van der Waals surface area contributed by atoms with E-state index in [0.29, 0.717) is 12.3 Å². The third-order valence-corrected chi connectivity index (χ3v) is 8.72. The number of hydrogen-bond donors (Lipinski definition) is 0. The molecule has 9 heteroatoms. The molecule has 0 atom stereocenters. The molecule has 0 bridgehead atoms.